The van der Waals surface area contributed by atoms with Crippen LogP contribution in [0.3, 0.4) is 0 Å². The zero-order chi connectivity index (χ0) is 15.6. The minimum Gasteiger partial charge on any atom is -0.454 e. The lowest BCUT2D eigenvalue weighted by atomic mass is 9.76. The highest BCUT2D eigenvalue weighted by molar-refractivity contribution is 5.85. The highest BCUT2D eigenvalue weighted by Gasteiger charge is 2.39. The Kier molecular flexibility index (Phi) is 2.55. The van der Waals surface area contributed by atoms with Gasteiger partial charge in [-0.05, 0) is 41.2 Å². The third kappa shape index (κ3) is 1.69. The summed E-state index contributed by atoms with van der Waals surface area (Å²) in [5, 5.41) is 0. The number of nitrogens with zero attached hydrogens (tertiary/aromatic N) is 1. The zero-order valence-corrected chi connectivity index (χ0v) is 13.0. The van der Waals surface area contributed by atoms with Crippen molar-refractivity contribution < 1.29 is 14.3 Å². The molecule has 1 amide bonds. The summed E-state index contributed by atoms with van der Waals surface area (Å²) in [4.78, 5) is 14.1. The Labute approximate surface area is 134 Å². The van der Waals surface area contributed by atoms with Gasteiger partial charge in [0.15, 0.2) is 11.5 Å². The fraction of sp³-hybridized carbons (Fsp3) is 0.316. The highest BCUT2D eigenvalue weighted by atomic mass is 16.7. The van der Waals surface area contributed by atoms with E-state index in [2.05, 4.69) is 30.3 Å². The van der Waals surface area contributed by atoms with Crippen molar-refractivity contribution in [2.75, 3.05) is 13.3 Å². The molecule has 2 aliphatic heterocycles. The first kappa shape index (κ1) is 13.0. The summed E-state index contributed by atoms with van der Waals surface area (Å²) in [6, 6.07) is 10.6. The topological polar surface area (TPSA) is 38.8 Å². The maximum absolute atomic E-state index is 12.1. The van der Waals surface area contributed by atoms with E-state index in [9.17, 15) is 4.79 Å². The van der Waals surface area contributed by atoms with Gasteiger partial charge in [0.25, 0.3) is 0 Å². The number of fused-ring (bicyclic) bond motifs is 4. The lowest BCUT2D eigenvalue weighted by Crippen LogP contribution is -2.41. The van der Waals surface area contributed by atoms with Crippen LogP contribution >= 0.6 is 0 Å². The van der Waals surface area contributed by atoms with Crippen LogP contribution in [0.2, 0.25) is 0 Å². The van der Waals surface area contributed by atoms with Crippen molar-refractivity contribution in [3.63, 3.8) is 0 Å². The van der Waals surface area contributed by atoms with Crippen LogP contribution in [0, 0.1) is 0 Å². The van der Waals surface area contributed by atoms with E-state index in [4.69, 9.17) is 9.47 Å². The summed E-state index contributed by atoms with van der Waals surface area (Å²) < 4.78 is 11.4. The molecule has 2 heterocycles. The summed E-state index contributed by atoms with van der Waals surface area (Å²) in [5.74, 6) is 1.82. The van der Waals surface area contributed by atoms with E-state index >= 15 is 0 Å². The first-order chi connectivity index (χ1) is 11.2. The number of carbonyl (C=O) groups excluding carboxylic acids is 1. The predicted octanol–water partition coefficient (Wildman–Crippen LogP) is 3.08. The smallest absolute Gasteiger partial charge is 0.231 e. The highest BCUT2D eigenvalue weighted by Crippen LogP contribution is 2.53. The van der Waals surface area contributed by atoms with Gasteiger partial charge in [-0.2, -0.15) is 0 Å². The molecule has 23 heavy (non-hydrogen) atoms. The van der Waals surface area contributed by atoms with Gasteiger partial charge in [-0.1, -0.05) is 24.3 Å². The van der Waals surface area contributed by atoms with Crippen molar-refractivity contribution >= 4 is 5.91 Å². The summed E-state index contributed by atoms with van der Waals surface area (Å²) in [5.41, 5.74) is 6.17. The monoisotopic (exact) mass is 307 g/mol. The maximum atomic E-state index is 12.1. The second-order valence-corrected chi connectivity index (χ2v) is 6.40. The van der Waals surface area contributed by atoms with Crippen LogP contribution in [0.15, 0.2) is 30.3 Å². The number of hydrogen-bond acceptors (Lipinski definition) is 3. The molecular formula is C19H17NO3. The van der Waals surface area contributed by atoms with E-state index in [-0.39, 0.29) is 18.7 Å². The van der Waals surface area contributed by atoms with Gasteiger partial charge in [0.2, 0.25) is 12.7 Å². The van der Waals surface area contributed by atoms with Gasteiger partial charge in [0.1, 0.15) is 0 Å². The van der Waals surface area contributed by atoms with Gasteiger partial charge >= 0.3 is 0 Å². The van der Waals surface area contributed by atoms with E-state index in [1.165, 1.54) is 22.3 Å². The SMILES string of the molecule is CC(=O)N1CCc2cc3c(c4c2[C@H]1Cc1ccccc1-4)OCO3. The fourth-order valence-corrected chi connectivity index (χ4v) is 4.26. The number of amides is 1. The molecule has 4 heteroatoms. The van der Waals surface area contributed by atoms with Crippen LogP contribution in [0.5, 0.6) is 11.5 Å². The Morgan fingerprint density at radius 3 is 2.96 bits per heavy atom. The van der Waals surface area contributed by atoms with Gasteiger partial charge in [0, 0.05) is 19.0 Å². The zero-order valence-electron chi connectivity index (χ0n) is 13.0. The molecule has 116 valence electrons. The van der Waals surface area contributed by atoms with Gasteiger partial charge in [0.05, 0.1) is 6.04 Å². The second-order valence-electron chi connectivity index (χ2n) is 6.40. The first-order valence-corrected chi connectivity index (χ1v) is 8.05. The molecule has 0 fully saturated rings. The van der Waals surface area contributed by atoms with Crippen molar-refractivity contribution in [2.24, 2.45) is 0 Å². The second kappa shape index (κ2) is 4.51. The molecular weight excluding hydrogens is 290 g/mol. The standard InChI is InChI=1S/C19H17NO3/c1-11(21)20-7-6-13-9-16-19(23-10-22-16)18-14-5-3-2-4-12(14)8-15(20)17(13)18/h2-5,9,15H,6-8,10H2,1H3/t15-/m1/s1. The van der Waals surface area contributed by atoms with E-state index in [0.717, 1.165) is 36.4 Å². The quantitative estimate of drug-likeness (QED) is 0.751. The molecule has 4 nitrogen and oxygen atoms in total. The van der Waals surface area contributed by atoms with Crippen molar-refractivity contribution in [1.82, 2.24) is 4.90 Å². The van der Waals surface area contributed by atoms with E-state index in [1.807, 2.05) is 4.90 Å². The van der Waals surface area contributed by atoms with Gasteiger partial charge in [-0.3, -0.25) is 4.79 Å². The molecule has 0 saturated carbocycles. The van der Waals surface area contributed by atoms with Crippen LogP contribution in [-0.2, 0) is 17.6 Å². The molecule has 2 aromatic rings. The summed E-state index contributed by atoms with van der Waals surface area (Å²) in [6.07, 6.45) is 1.74. The Morgan fingerprint density at radius 1 is 1.22 bits per heavy atom. The third-order valence-corrected chi connectivity index (χ3v) is 5.23. The summed E-state index contributed by atoms with van der Waals surface area (Å²) in [6.45, 7) is 2.71. The average Bonchev–Trinajstić information content (AvgIpc) is 3.02. The van der Waals surface area contributed by atoms with Crippen LogP contribution in [0.4, 0.5) is 0 Å². The molecule has 0 N–H and O–H groups in total. The third-order valence-electron chi connectivity index (χ3n) is 5.23. The number of benzene rings is 2. The van der Waals surface area contributed by atoms with E-state index in [1.54, 1.807) is 6.92 Å². The molecule has 3 aliphatic rings. The van der Waals surface area contributed by atoms with Crippen LogP contribution in [0.1, 0.15) is 29.7 Å². The first-order valence-electron chi connectivity index (χ1n) is 8.05. The number of rotatable bonds is 0. The maximum Gasteiger partial charge on any atom is 0.231 e. The lowest BCUT2D eigenvalue weighted by molar-refractivity contribution is -0.131. The van der Waals surface area contributed by atoms with Gasteiger partial charge in [-0.15, -0.1) is 0 Å². The molecule has 0 unspecified atom stereocenters. The van der Waals surface area contributed by atoms with Crippen molar-refractivity contribution in [1.29, 1.82) is 0 Å². The Balaban J connectivity index is 1.84. The normalized spacial score (nSPS) is 20.0. The number of carbonyl (C=O) groups is 1. The Hall–Kier alpha value is -2.49. The van der Waals surface area contributed by atoms with Crippen molar-refractivity contribution in [3.05, 3.63) is 47.0 Å². The minimum atomic E-state index is 0.107. The van der Waals surface area contributed by atoms with Gasteiger partial charge in [-0.25, -0.2) is 0 Å². The Morgan fingerprint density at radius 2 is 2.09 bits per heavy atom. The molecule has 0 bridgehead atoms. The molecule has 0 radical (unpaired) electrons. The van der Waals surface area contributed by atoms with Gasteiger partial charge < -0.3 is 14.4 Å². The van der Waals surface area contributed by atoms with Crippen molar-refractivity contribution in [2.45, 2.75) is 25.8 Å². The fourth-order valence-electron chi connectivity index (χ4n) is 4.26. The van der Waals surface area contributed by atoms with Crippen molar-refractivity contribution in [3.8, 4) is 22.6 Å². The molecule has 0 aromatic heterocycles. The average molecular weight is 307 g/mol. The predicted molar refractivity (Wildman–Crippen MR) is 85.5 cm³/mol. The Bertz CT molecular complexity index is 843. The molecule has 5 rings (SSSR count). The summed E-state index contributed by atoms with van der Waals surface area (Å²) in [7, 11) is 0. The van der Waals surface area contributed by atoms with Crippen LogP contribution in [0.25, 0.3) is 11.1 Å². The minimum absolute atomic E-state index is 0.107. The largest absolute Gasteiger partial charge is 0.454 e. The molecule has 2 aromatic carbocycles. The molecule has 1 aliphatic carbocycles. The van der Waals surface area contributed by atoms with E-state index in [0.29, 0.717) is 0 Å². The van der Waals surface area contributed by atoms with E-state index < -0.39 is 0 Å². The van der Waals surface area contributed by atoms with Crippen LogP contribution in [-0.4, -0.2) is 24.1 Å². The molecule has 1 atom stereocenters. The lowest BCUT2D eigenvalue weighted by Gasteiger charge is -2.41. The molecule has 0 saturated heterocycles. The number of ether oxygens (including phenoxy) is 2. The number of hydrogen-bond donors (Lipinski definition) is 0. The summed E-state index contributed by atoms with van der Waals surface area (Å²) >= 11 is 0. The van der Waals surface area contributed by atoms with Crippen LogP contribution < -0.4 is 9.47 Å². The molecule has 0 spiro atoms.